The minimum absolute atomic E-state index is 0.0430. The topological polar surface area (TPSA) is 91.5 Å². The van der Waals surface area contributed by atoms with Gasteiger partial charge in [-0.3, -0.25) is 9.48 Å². The fourth-order valence-electron chi connectivity index (χ4n) is 6.05. The lowest BCUT2D eigenvalue weighted by molar-refractivity contribution is -0.942. The van der Waals surface area contributed by atoms with E-state index in [9.17, 15) is 14.7 Å². The molecule has 1 amide bonds. The summed E-state index contributed by atoms with van der Waals surface area (Å²) in [7, 11) is 2.11. The lowest BCUT2D eigenvalue weighted by Gasteiger charge is -2.46. The molecule has 4 atom stereocenters. The molecule has 3 saturated heterocycles. The summed E-state index contributed by atoms with van der Waals surface area (Å²) in [6.45, 7) is 3.00. The number of fused-ring (bicyclic) bond motifs is 3. The highest BCUT2D eigenvalue weighted by molar-refractivity contribution is 5.76. The first-order chi connectivity index (χ1) is 14.5. The van der Waals surface area contributed by atoms with Crippen LogP contribution < -0.4 is 15.3 Å². The van der Waals surface area contributed by atoms with Crippen LogP contribution in [0.3, 0.4) is 0 Å². The minimum atomic E-state index is -1.09. The van der Waals surface area contributed by atoms with Crippen molar-refractivity contribution >= 4 is 11.9 Å². The van der Waals surface area contributed by atoms with Crippen LogP contribution in [-0.4, -0.2) is 47.3 Å². The summed E-state index contributed by atoms with van der Waals surface area (Å²) in [5, 5.41) is 18.4. The Bertz CT molecular complexity index is 756. The number of piperidine rings is 3. The monoisotopic (exact) mass is 416 g/mol. The Kier molecular flexibility index (Phi) is 6.76. The normalized spacial score (nSPS) is 29.1. The average molecular weight is 417 g/mol. The van der Waals surface area contributed by atoms with Crippen molar-refractivity contribution in [3.63, 3.8) is 0 Å². The molecule has 166 valence electrons. The van der Waals surface area contributed by atoms with Crippen molar-refractivity contribution in [2.24, 2.45) is 13.0 Å². The predicted molar refractivity (Wildman–Crippen MR) is 111 cm³/mol. The van der Waals surface area contributed by atoms with Crippen LogP contribution in [-0.2, 0) is 16.6 Å². The fraction of sp³-hybridized carbons (Fsp3) is 0.783. The number of aromatic nitrogens is 2. The van der Waals surface area contributed by atoms with E-state index in [1.165, 1.54) is 56.5 Å². The Hall–Kier alpha value is -1.89. The third-order valence-corrected chi connectivity index (χ3v) is 7.72. The number of nitrogens with zero attached hydrogens (tertiary/aromatic N) is 2. The van der Waals surface area contributed by atoms with E-state index in [-0.39, 0.29) is 18.7 Å². The summed E-state index contributed by atoms with van der Waals surface area (Å²) < 4.78 is 2.14. The fourth-order valence-corrected chi connectivity index (χ4v) is 6.05. The first-order valence-corrected chi connectivity index (χ1v) is 11.9. The van der Waals surface area contributed by atoms with Crippen LogP contribution in [0.25, 0.3) is 0 Å². The molecule has 7 heteroatoms. The molecule has 2 bridgehead atoms. The quantitative estimate of drug-likeness (QED) is 0.636. The van der Waals surface area contributed by atoms with Crippen molar-refractivity contribution in [2.45, 2.75) is 82.1 Å². The number of rotatable bonds is 8. The van der Waals surface area contributed by atoms with Gasteiger partial charge >= 0.3 is 0 Å². The molecule has 4 heterocycles. The molecule has 30 heavy (non-hydrogen) atoms. The van der Waals surface area contributed by atoms with Gasteiger partial charge < -0.3 is 20.1 Å². The molecule has 7 nitrogen and oxygen atoms in total. The van der Waals surface area contributed by atoms with Gasteiger partial charge in [0.15, 0.2) is 0 Å². The molecule has 1 aliphatic carbocycles. The number of aliphatic carboxylic acids is 1. The van der Waals surface area contributed by atoms with Gasteiger partial charge in [-0.05, 0) is 37.7 Å². The van der Waals surface area contributed by atoms with E-state index in [0.29, 0.717) is 36.8 Å². The molecule has 0 spiro atoms. The Morgan fingerprint density at radius 3 is 2.73 bits per heavy atom. The lowest BCUT2D eigenvalue weighted by atomic mass is 9.74. The van der Waals surface area contributed by atoms with Crippen LogP contribution in [0.2, 0.25) is 0 Å². The van der Waals surface area contributed by atoms with Gasteiger partial charge in [0, 0.05) is 43.9 Å². The van der Waals surface area contributed by atoms with Crippen molar-refractivity contribution in [1.29, 1.82) is 0 Å². The molecule has 4 fully saturated rings. The van der Waals surface area contributed by atoms with Crippen LogP contribution in [0.1, 0.15) is 87.4 Å². The SMILES string of the molecule is Cn1nc(C2CCCCC2)cc1[C@H]1C[NH+]2CC[C@H]1C[C@@H]2CNC(=O)CCCC(=O)[O-]. The average Bonchev–Trinajstić information content (AvgIpc) is 3.14. The summed E-state index contributed by atoms with van der Waals surface area (Å²) in [5.74, 6) is 0.747. The highest BCUT2D eigenvalue weighted by atomic mass is 16.4. The highest BCUT2D eigenvalue weighted by Crippen LogP contribution is 2.37. The maximum atomic E-state index is 12.0. The molecule has 1 unspecified atom stereocenters. The molecule has 0 radical (unpaired) electrons. The van der Waals surface area contributed by atoms with Crippen LogP contribution in [0, 0.1) is 5.92 Å². The standard InChI is InChI=1S/C23H36N4O3/c1-26-21(13-20(25-26)16-6-3-2-4-7-16)19-15-27-11-10-17(19)12-18(27)14-24-22(28)8-5-9-23(29)30/h13,16-19H,2-12,14-15H2,1H3,(H,24,28)(H,29,30)/t17-,18+,19-/m0/s1. The zero-order valence-electron chi connectivity index (χ0n) is 18.2. The summed E-state index contributed by atoms with van der Waals surface area (Å²) >= 11 is 0. The molecular formula is C23H36N4O3. The van der Waals surface area contributed by atoms with Gasteiger partial charge in [0.1, 0.15) is 6.04 Å². The Balaban J connectivity index is 1.31. The Morgan fingerprint density at radius 1 is 1.23 bits per heavy atom. The van der Waals surface area contributed by atoms with Gasteiger partial charge in [-0.25, -0.2) is 0 Å². The van der Waals surface area contributed by atoms with Crippen molar-refractivity contribution in [2.75, 3.05) is 19.6 Å². The maximum Gasteiger partial charge on any atom is 0.220 e. The zero-order valence-corrected chi connectivity index (χ0v) is 18.2. The molecule has 0 aromatic carbocycles. The van der Waals surface area contributed by atoms with Gasteiger partial charge in [0.25, 0.3) is 0 Å². The second kappa shape index (κ2) is 9.50. The van der Waals surface area contributed by atoms with Crippen molar-refractivity contribution in [3.8, 4) is 0 Å². The van der Waals surface area contributed by atoms with E-state index < -0.39 is 5.97 Å². The molecule has 2 N–H and O–H groups in total. The Morgan fingerprint density at radius 2 is 2.03 bits per heavy atom. The third-order valence-electron chi connectivity index (χ3n) is 7.72. The Labute approximate surface area is 179 Å². The van der Waals surface area contributed by atoms with Crippen molar-refractivity contribution in [3.05, 3.63) is 17.5 Å². The molecule has 4 aliphatic rings. The van der Waals surface area contributed by atoms with Crippen LogP contribution >= 0.6 is 0 Å². The number of aryl methyl sites for hydroxylation is 1. The van der Waals surface area contributed by atoms with E-state index in [0.717, 1.165) is 13.0 Å². The number of hydrogen-bond donors (Lipinski definition) is 2. The minimum Gasteiger partial charge on any atom is -0.550 e. The summed E-state index contributed by atoms with van der Waals surface area (Å²) in [4.78, 5) is 24.1. The lowest BCUT2D eigenvalue weighted by Crippen LogP contribution is -3.20. The number of carboxylic acids is 1. The number of nitrogens with one attached hydrogen (secondary N) is 2. The number of carbonyl (C=O) groups is 2. The van der Waals surface area contributed by atoms with E-state index in [1.54, 1.807) is 4.90 Å². The first kappa shape index (κ1) is 21.3. The van der Waals surface area contributed by atoms with Gasteiger partial charge in [0.2, 0.25) is 5.91 Å². The summed E-state index contributed by atoms with van der Waals surface area (Å²) in [6, 6.07) is 2.87. The second-order valence-electron chi connectivity index (χ2n) is 9.68. The van der Waals surface area contributed by atoms with Gasteiger partial charge in [0.05, 0.1) is 31.2 Å². The number of quaternary nitrogens is 1. The van der Waals surface area contributed by atoms with Gasteiger partial charge in [-0.1, -0.05) is 19.3 Å². The van der Waals surface area contributed by atoms with Crippen molar-refractivity contribution < 1.29 is 19.6 Å². The first-order valence-electron chi connectivity index (χ1n) is 11.9. The predicted octanol–water partition coefficient (Wildman–Crippen LogP) is 0.265. The molecule has 1 aromatic rings. The van der Waals surface area contributed by atoms with E-state index in [4.69, 9.17) is 5.10 Å². The molecule has 3 aliphatic heterocycles. The molecule has 5 rings (SSSR count). The summed E-state index contributed by atoms with van der Waals surface area (Å²) in [5.41, 5.74) is 2.71. The van der Waals surface area contributed by atoms with Crippen LogP contribution in [0.4, 0.5) is 0 Å². The second-order valence-corrected chi connectivity index (χ2v) is 9.68. The molecule has 1 saturated carbocycles. The largest absolute Gasteiger partial charge is 0.550 e. The molecule has 1 aromatic heterocycles. The number of carboxylic acid groups (broad SMARTS) is 1. The van der Waals surface area contributed by atoms with E-state index >= 15 is 0 Å². The number of carbonyl (C=O) groups excluding carboxylic acids is 2. The number of amides is 1. The van der Waals surface area contributed by atoms with Crippen LogP contribution in [0.15, 0.2) is 6.07 Å². The summed E-state index contributed by atoms with van der Waals surface area (Å²) in [6.07, 6.45) is 9.56. The number of hydrogen-bond acceptors (Lipinski definition) is 4. The van der Waals surface area contributed by atoms with Gasteiger partial charge in [-0.2, -0.15) is 5.10 Å². The van der Waals surface area contributed by atoms with E-state index in [2.05, 4.69) is 23.1 Å². The van der Waals surface area contributed by atoms with E-state index in [1.807, 2.05) is 0 Å². The smallest absolute Gasteiger partial charge is 0.220 e. The third kappa shape index (κ3) is 4.88. The maximum absolute atomic E-state index is 12.0. The zero-order chi connectivity index (χ0) is 21.1. The highest BCUT2D eigenvalue weighted by Gasteiger charge is 2.45. The molecular weight excluding hydrogens is 380 g/mol. The van der Waals surface area contributed by atoms with Crippen molar-refractivity contribution in [1.82, 2.24) is 15.1 Å². The van der Waals surface area contributed by atoms with Crippen LogP contribution in [0.5, 0.6) is 0 Å². The van der Waals surface area contributed by atoms with Gasteiger partial charge in [-0.15, -0.1) is 0 Å².